The van der Waals surface area contributed by atoms with E-state index in [9.17, 15) is 4.79 Å². The average Bonchev–Trinajstić information content (AvgIpc) is 3.02. The molecule has 0 saturated carbocycles. The molecular weight excluding hydrogens is 512 g/mol. The van der Waals surface area contributed by atoms with Gasteiger partial charge in [-0.25, -0.2) is 4.79 Å². The fourth-order valence-electron chi connectivity index (χ4n) is 5.02. The Kier molecular flexibility index (Phi) is 10.2. The molecule has 2 heterocycles. The number of carbonyl (C=O) groups excluding carboxylic acids is 1. The zero-order valence-corrected chi connectivity index (χ0v) is 23.4. The number of amides is 2. The van der Waals surface area contributed by atoms with Crippen molar-refractivity contribution >= 4 is 11.7 Å². The minimum absolute atomic E-state index is 0.268. The molecule has 0 aliphatic carbocycles. The summed E-state index contributed by atoms with van der Waals surface area (Å²) in [5.74, 6) is 1.66. The molecule has 7 nitrogen and oxygen atoms in total. The fraction of sp³-hybridized carbons (Fsp3) is 0.294. The summed E-state index contributed by atoms with van der Waals surface area (Å²) in [6, 6.07) is 27.7. The van der Waals surface area contributed by atoms with Crippen molar-refractivity contribution in [1.29, 1.82) is 0 Å². The smallest absolute Gasteiger partial charge is 0.319 e. The number of nitrogens with zero attached hydrogens (tertiary/aromatic N) is 2. The lowest BCUT2D eigenvalue weighted by Crippen LogP contribution is -2.33. The highest BCUT2D eigenvalue weighted by molar-refractivity contribution is 5.89. The lowest BCUT2D eigenvalue weighted by molar-refractivity contribution is 0.183. The van der Waals surface area contributed by atoms with E-state index in [0.29, 0.717) is 25.4 Å². The summed E-state index contributed by atoms with van der Waals surface area (Å²) >= 11 is 0. The summed E-state index contributed by atoms with van der Waals surface area (Å²) < 4.78 is 12.2. The van der Waals surface area contributed by atoms with E-state index in [-0.39, 0.29) is 6.03 Å². The van der Waals surface area contributed by atoms with Crippen molar-refractivity contribution in [3.63, 3.8) is 0 Å². The van der Waals surface area contributed by atoms with E-state index in [1.54, 1.807) is 12.4 Å². The molecule has 41 heavy (non-hydrogen) atoms. The van der Waals surface area contributed by atoms with Gasteiger partial charge in [0.2, 0.25) is 0 Å². The number of hydrogen-bond acceptors (Lipinski definition) is 5. The number of piperidine rings is 1. The van der Waals surface area contributed by atoms with Gasteiger partial charge in [-0.2, -0.15) is 0 Å². The van der Waals surface area contributed by atoms with E-state index in [1.807, 2.05) is 42.5 Å². The summed E-state index contributed by atoms with van der Waals surface area (Å²) in [7, 11) is 0. The molecule has 0 unspecified atom stereocenters. The van der Waals surface area contributed by atoms with Gasteiger partial charge in [0.25, 0.3) is 0 Å². The maximum absolute atomic E-state index is 12.2. The van der Waals surface area contributed by atoms with Crippen molar-refractivity contribution < 1.29 is 14.3 Å². The Balaban J connectivity index is 1.09. The Bertz CT molecular complexity index is 1370. The molecule has 212 valence electrons. The first kappa shape index (κ1) is 28.2. The van der Waals surface area contributed by atoms with Crippen molar-refractivity contribution in [2.75, 3.05) is 38.2 Å². The number of anilines is 1. The van der Waals surface area contributed by atoms with Crippen LogP contribution in [0.5, 0.6) is 11.5 Å². The minimum Gasteiger partial charge on any atom is -0.493 e. The van der Waals surface area contributed by atoms with Gasteiger partial charge in [-0.3, -0.25) is 9.88 Å². The molecule has 3 aromatic carbocycles. The highest BCUT2D eigenvalue weighted by atomic mass is 16.5. The summed E-state index contributed by atoms with van der Waals surface area (Å²) in [6.07, 6.45) is 8.15. The number of pyridine rings is 1. The van der Waals surface area contributed by atoms with Crippen molar-refractivity contribution in [2.24, 2.45) is 0 Å². The topological polar surface area (TPSA) is 75.7 Å². The summed E-state index contributed by atoms with van der Waals surface area (Å²) in [4.78, 5) is 18.8. The normalized spacial score (nSPS) is 13.4. The highest BCUT2D eigenvalue weighted by Gasteiger charge is 2.11. The Morgan fingerprint density at radius 3 is 2.49 bits per heavy atom. The van der Waals surface area contributed by atoms with Gasteiger partial charge < -0.3 is 20.1 Å². The number of benzene rings is 3. The Hall–Kier alpha value is -4.36. The molecule has 1 fully saturated rings. The van der Waals surface area contributed by atoms with Crippen molar-refractivity contribution in [2.45, 2.75) is 32.2 Å². The number of likely N-dealkylation sites (tertiary alicyclic amines) is 1. The zero-order valence-electron chi connectivity index (χ0n) is 23.4. The standard InChI is InChI=1S/C34H38N4O3/c39-34(36-26-27-8-7-18-35-25-27)37-30-13-15-31(16-14-30)40-22-17-28-9-2-3-12-33(28)29-10-6-11-32(24-29)41-23-21-38-19-4-1-5-20-38/h2-3,6-16,18,24-25H,1,4-5,17,19-23,26H2,(H2,36,37,39). The molecule has 1 aromatic heterocycles. The van der Waals surface area contributed by atoms with Crippen molar-refractivity contribution in [3.8, 4) is 22.6 Å². The Morgan fingerprint density at radius 2 is 1.66 bits per heavy atom. The molecule has 4 aromatic rings. The van der Waals surface area contributed by atoms with Gasteiger partial charge in [0.15, 0.2) is 0 Å². The maximum atomic E-state index is 12.2. The quantitative estimate of drug-likeness (QED) is 0.209. The molecule has 7 heteroatoms. The molecule has 0 spiro atoms. The largest absolute Gasteiger partial charge is 0.493 e. The fourth-order valence-corrected chi connectivity index (χ4v) is 5.02. The zero-order chi connectivity index (χ0) is 28.1. The predicted octanol–water partition coefficient (Wildman–Crippen LogP) is 6.56. The molecule has 0 bridgehead atoms. The number of rotatable bonds is 12. The van der Waals surface area contributed by atoms with Gasteiger partial charge in [-0.05, 0) is 90.6 Å². The summed E-state index contributed by atoms with van der Waals surface area (Å²) in [6.45, 7) is 5.02. The first-order valence-corrected chi connectivity index (χ1v) is 14.4. The second-order valence-electron chi connectivity index (χ2n) is 10.2. The van der Waals surface area contributed by atoms with Crippen LogP contribution in [-0.2, 0) is 13.0 Å². The lowest BCUT2D eigenvalue weighted by Gasteiger charge is -2.26. The van der Waals surface area contributed by atoms with Crippen molar-refractivity contribution in [1.82, 2.24) is 15.2 Å². The maximum Gasteiger partial charge on any atom is 0.319 e. The molecule has 5 rings (SSSR count). The molecule has 0 radical (unpaired) electrons. The van der Waals surface area contributed by atoms with Gasteiger partial charge in [-0.1, -0.05) is 48.9 Å². The first-order chi connectivity index (χ1) is 20.2. The second-order valence-corrected chi connectivity index (χ2v) is 10.2. The summed E-state index contributed by atoms with van der Waals surface area (Å²) in [5.41, 5.74) is 5.20. The van der Waals surface area contributed by atoms with Crippen LogP contribution in [-0.4, -0.2) is 48.8 Å². The van der Waals surface area contributed by atoms with Crippen LogP contribution in [0.4, 0.5) is 10.5 Å². The van der Waals surface area contributed by atoms with Crippen LogP contribution in [0, 0.1) is 0 Å². The van der Waals surface area contributed by atoms with E-state index in [0.717, 1.165) is 35.6 Å². The second kappa shape index (κ2) is 14.9. The van der Waals surface area contributed by atoms with Gasteiger partial charge >= 0.3 is 6.03 Å². The minimum atomic E-state index is -0.268. The predicted molar refractivity (Wildman–Crippen MR) is 163 cm³/mol. The van der Waals surface area contributed by atoms with E-state index in [2.05, 4.69) is 63.0 Å². The van der Waals surface area contributed by atoms with Crippen LogP contribution in [0.15, 0.2) is 97.3 Å². The highest BCUT2D eigenvalue weighted by Crippen LogP contribution is 2.28. The SMILES string of the molecule is O=C(NCc1cccnc1)Nc1ccc(OCCc2ccccc2-c2cccc(OCCN3CCCCC3)c2)cc1. The summed E-state index contributed by atoms with van der Waals surface area (Å²) in [5, 5.41) is 5.67. The van der Waals surface area contributed by atoms with Gasteiger partial charge in [0, 0.05) is 37.6 Å². The van der Waals surface area contributed by atoms with Gasteiger partial charge in [-0.15, -0.1) is 0 Å². The van der Waals surface area contributed by atoms with E-state index < -0.39 is 0 Å². The van der Waals surface area contributed by atoms with E-state index >= 15 is 0 Å². The molecule has 2 N–H and O–H groups in total. The van der Waals surface area contributed by atoms with E-state index in [1.165, 1.54) is 43.5 Å². The van der Waals surface area contributed by atoms with Crippen LogP contribution in [0.25, 0.3) is 11.1 Å². The number of aromatic nitrogens is 1. The number of urea groups is 1. The average molecular weight is 551 g/mol. The van der Waals surface area contributed by atoms with Crippen LogP contribution < -0.4 is 20.1 Å². The number of carbonyl (C=O) groups is 1. The van der Waals surface area contributed by atoms with Gasteiger partial charge in [0.1, 0.15) is 18.1 Å². The molecule has 0 atom stereocenters. The number of nitrogens with one attached hydrogen (secondary N) is 2. The van der Waals surface area contributed by atoms with Gasteiger partial charge in [0.05, 0.1) is 6.61 Å². The first-order valence-electron chi connectivity index (χ1n) is 14.4. The van der Waals surface area contributed by atoms with Crippen LogP contribution in [0.3, 0.4) is 0 Å². The monoisotopic (exact) mass is 550 g/mol. The van der Waals surface area contributed by atoms with Crippen LogP contribution >= 0.6 is 0 Å². The molecule has 1 saturated heterocycles. The Labute approximate surface area is 242 Å². The third kappa shape index (κ3) is 8.82. The van der Waals surface area contributed by atoms with E-state index in [4.69, 9.17) is 9.47 Å². The third-order valence-corrected chi connectivity index (χ3v) is 7.22. The third-order valence-electron chi connectivity index (χ3n) is 7.22. The van der Waals surface area contributed by atoms with Crippen molar-refractivity contribution in [3.05, 3.63) is 108 Å². The number of ether oxygens (including phenoxy) is 2. The molecular formula is C34H38N4O3. The van der Waals surface area contributed by atoms with Crippen LogP contribution in [0.2, 0.25) is 0 Å². The lowest BCUT2D eigenvalue weighted by atomic mass is 9.98. The number of hydrogen-bond donors (Lipinski definition) is 2. The Morgan fingerprint density at radius 1 is 0.829 bits per heavy atom. The molecule has 1 aliphatic heterocycles. The molecule has 1 aliphatic rings. The molecule has 2 amide bonds. The van der Waals surface area contributed by atoms with Crippen LogP contribution in [0.1, 0.15) is 30.4 Å².